The molecule has 1 aliphatic rings. The van der Waals surface area contributed by atoms with Gasteiger partial charge >= 0.3 is 0 Å². The summed E-state index contributed by atoms with van der Waals surface area (Å²) in [6.45, 7) is 7.61. The van der Waals surface area contributed by atoms with Crippen LogP contribution < -0.4 is 10.2 Å². The van der Waals surface area contributed by atoms with E-state index in [1.54, 1.807) is 0 Å². The first-order chi connectivity index (χ1) is 11.6. The zero-order valence-corrected chi connectivity index (χ0v) is 15.0. The number of aryl methyl sites for hydroxylation is 2. The minimum atomic E-state index is 0.123. The van der Waals surface area contributed by atoms with Crippen molar-refractivity contribution in [2.24, 2.45) is 0 Å². The second-order valence-corrected chi connectivity index (χ2v) is 6.69. The van der Waals surface area contributed by atoms with E-state index in [0.29, 0.717) is 6.54 Å². The fourth-order valence-corrected chi connectivity index (χ4v) is 3.58. The van der Waals surface area contributed by atoms with Crippen LogP contribution in [0, 0.1) is 13.8 Å². The second kappa shape index (κ2) is 7.36. The number of anilines is 1. The van der Waals surface area contributed by atoms with E-state index < -0.39 is 0 Å². The number of hydrogen-bond donors (Lipinski definition) is 2. The smallest absolute Gasteiger partial charge is 0.0644 e. The van der Waals surface area contributed by atoms with Crippen molar-refractivity contribution < 1.29 is 5.11 Å². The molecule has 0 atom stereocenters. The topological polar surface area (TPSA) is 53.3 Å². The Balaban J connectivity index is 1.63. The maximum Gasteiger partial charge on any atom is 0.0644 e. The first-order valence-electron chi connectivity index (χ1n) is 8.77. The number of benzene rings is 1. The normalized spacial score (nSPS) is 14.1. The summed E-state index contributed by atoms with van der Waals surface area (Å²) in [5.74, 6) is 0. The van der Waals surface area contributed by atoms with Crippen molar-refractivity contribution >= 4 is 5.69 Å². The predicted octanol–water partition coefficient (Wildman–Crippen LogP) is 2.16. The maximum atomic E-state index is 9.10. The molecule has 0 spiro atoms. The van der Waals surface area contributed by atoms with E-state index in [4.69, 9.17) is 5.11 Å². The SMILES string of the molecule is Cc1nn(CCO)c(C)c1CNCc1ccc2c(c1)CCCN2C. The number of hydrogen-bond acceptors (Lipinski definition) is 4. The van der Waals surface area contributed by atoms with E-state index in [0.717, 1.165) is 31.0 Å². The molecule has 1 aromatic carbocycles. The molecule has 2 N–H and O–H groups in total. The number of aromatic nitrogens is 2. The largest absolute Gasteiger partial charge is 0.394 e. The molecule has 3 rings (SSSR count). The molecule has 0 fully saturated rings. The lowest BCUT2D eigenvalue weighted by molar-refractivity contribution is 0.267. The van der Waals surface area contributed by atoms with Gasteiger partial charge in [-0.25, -0.2) is 0 Å². The maximum absolute atomic E-state index is 9.10. The lowest BCUT2D eigenvalue weighted by Gasteiger charge is -2.27. The molecule has 130 valence electrons. The van der Waals surface area contributed by atoms with E-state index in [1.807, 2.05) is 11.6 Å². The average molecular weight is 328 g/mol. The van der Waals surface area contributed by atoms with Crippen LogP contribution in [0.15, 0.2) is 18.2 Å². The van der Waals surface area contributed by atoms with Crippen molar-refractivity contribution in [1.29, 1.82) is 0 Å². The third-order valence-electron chi connectivity index (χ3n) is 4.97. The fraction of sp³-hybridized carbons (Fsp3) is 0.526. The van der Waals surface area contributed by atoms with Gasteiger partial charge in [-0.1, -0.05) is 12.1 Å². The summed E-state index contributed by atoms with van der Waals surface area (Å²) in [6.07, 6.45) is 2.42. The van der Waals surface area contributed by atoms with Gasteiger partial charge in [0, 0.05) is 43.6 Å². The van der Waals surface area contributed by atoms with Crippen molar-refractivity contribution in [2.75, 3.05) is 25.1 Å². The van der Waals surface area contributed by atoms with Crippen molar-refractivity contribution in [1.82, 2.24) is 15.1 Å². The standard InChI is InChI=1S/C19H28N4O/c1-14-18(15(2)23(21-14)9-10-24)13-20-12-16-6-7-19-17(11-16)5-4-8-22(19)3/h6-7,11,20,24H,4-5,8-10,12-13H2,1-3H3. The molecule has 0 radical (unpaired) electrons. The molecule has 0 unspecified atom stereocenters. The Bertz CT molecular complexity index is 708. The van der Waals surface area contributed by atoms with Gasteiger partial charge in [-0.2, -0.15) is 5.10 Å². The van der Waals surface area contributed by atoms with E-state index >= 15 is 0 Å². The molecule has 1 aromatic heterocycles. The fourth-order valence-electron chi connectivity index (χ4n) is 3.58. The summed E-state index contributed by atoms with van der Waals surface area (Å²) in [4.78, 5) is 2.35. The highest BCUT2D eigenvalue weighted by molar-refractivity contribution is 5.56. The van der Waals surface area contributed by atoms with Crippen LogP contribution in [0.4, 0.5) is 5.69 Å². The van der Waals surface area contributed by atoms with Gasteiger partial charge in [0.25, 0.3) is 0 Å². The van der Waals surface area contributed by atoms with Crippen LogP contribution >= 0.6 is 0 Å². The van der Waals surface area contributed by atoms with Crippen molar-refractivity contribution in [3.63, 3.8) is 0 Å². The van der Waals surface area contributed by atoms with Crippen LogP contribution in [0.3, 0.4) is 0 Å². The predicted molar refractivity (Wildman–Crippen MR) is 97.4 cm³/mol. The van der Waals surface area contributed by atoms with Crippen LogP contribution in [0.5, 0.6) is 0 Å². The molecule has 0 aliphatic carbocycles. The summed E-state index contributed by atoms with van der Waals surface area (Å²) in [5.41, 5.74) is 7.60. The molecule has 5 heteroatoms. The Morgan fingerprint density at radius 2 is 2.08 bits per heavy atom. The van der Waals surface area contributed by atoms with Crippen molar-refractivity contribution in [3.05, 3.63) is 46.3 Å². The molecule has 0 saturated heterocycles. The molecule has 5 nitrogen and oxygen atoms in total. The molecule has 1 aliphatic heterocycles. The molecule has 0 bridgehead atoms. The quantitative estimate of drug-likeness (QED) is 0.853. The Hall–Kier alpha value is -1.85. The van der Waals surface area contributed by atoms with Crippen molar-refractivity contribution in [3.8, 4) is 0 Å². The third kappa shape index (κ3) is 3.47. The molecule has 0 saturated carbocycles. The summed E-state index contributed by atoms with van der Waals surface area (Å²) >= 11 is 0. The number of nitrogens with one attached hydrogen (secondary N) is 1. The van der Waals surface area contributed by atoms with Crippen molar-refractivity contribution in [2.45, 2.75) is 46.3 Å². The minimum absolute atomic E-state index is 0.123. The zero-order chi connectivity index (χ0) is 17.1. The van der Waals surface area contributed by atoms with Crippen LogP contribution in [0.2, 0.25) is 0 Å². The molecule has 2 aromatic rings. The number of aliphatic hydroxyl groups excluding tert-OH is 1. The van der Waals surface area contributed by atoms with Gasteiger partial charge in [0.05, 0.1) is 18.8 Å². The molecular weight excluding hydrogens is 300 g/mol. The number of rotatable bonds is 6. The highest BCUT2D eigenvalue weighted by Gasteiger charge is 2.14. The van der Waals surface area contributed by atoms with Crippen LogP contribution in [-0.4, -0.2) is 35.1 Å². The monoisotopic (exact) mass is 328 g/mol. The number of aliphatic hydroxyl groups is 1. The molecular formula is C19H28N4O. The van der Waals surface area contributed by atoms with Gasteiger partial charge in [-0.05, 0) is 43.9 Å². The highest BCUT2D eigenvalue weighted by atomic mass is 16.3. The van der Waals surface area contributed by atoms with E-state index in [2.05, 4.69) is 47.5 Å². The number of fused-ring (bicyclic) bond motifs is 1. The first kappa shape index (κ1) is 17.0. The first-order valence-corrected chi connectivity index (χ1v) is 8.77. The van der Waals surface area contributed by atoms with E-state index in [9.17, 15) is 0 Å². The third-order valence-corrected chi connectivity index (χ3v) is 4.97. The highest BCUT2D eigenvalue weighted by Crippen LogP contribution is 2.26. The minimum Gasteiger partial charge on any atom is -0.394 e. The average Bonchev–Trinajstić information content (AvgIpc) is 2.83. The molecule has 24 heavy (non-hydrogen) atoms. The lowest BCUT2D eigenvalue weighted by atomic mass is 9.99. The van der Waals surface area contributed by atoms with Gasteiger partial charge in [0.15, 0.2) is 0 Å². The molecule has 2 heterocycles. The van der Waals surface area contributed by atoms with Gasteiger partial charge in [0.1, 0.15) is 0 Å². The molecule has 0 amide bonds. The van der Waals surface area contributed by atoms with Gasteiger partial charge in [0.2, 0.25) is 0 Å². The van der Waals surface area contributed by atoms with E-state index in [1.165, 1.54) is 35.2 Å². The Labute approximate surface area is 144 Å². The summed E-state index contributed by atoms with van der Waals surface area (Å²) in [7, 11) is 2.17. The Morgan fingerprint density at radius 1 is 1.25 bits per heavy atom. The van der Waals surface area contributed by atoms with Gasteiger partial charge in [-0.15, -0.1) is 0 Å². The summed E-state index contributed by atoms with van der Waals surface area (Å²) in [5, 5.41) is 17.2. The van der Waals surface area contributed by atoms with Gasteiger partial charge < -0.3 is 15.3 Å². The summed E-state index contributed by atoms with van der Waals surface area (Å²) < 4.78 is 1.89. The lowest BCUT2D eigenvalue weighted by Crippen LogP contribution is -2.24. The zero-order valence-electron chi connectivity index (χ0n) is 15.0. The second-order valence-electron chi connectivity index (χ2n) is 6.69. The van der Waals surface area contributed by atoms with Crippen LogP contribution in [-0.2, 0) is 26.1 Å². The van der Waals surface area contributed by atoms with Crippen LogP contribution in [0.1, 0.15) is 34.5 Å². The van der Waals surface area contributed by atoms with E-state index in [-0.39, 0.29) is 6.61 Å². The Morgan fingerprint density at radius 3 is 2.88 bits per heavy atom. The van der Waals surface area contributed by atoms with Crippen LogP contribution in [0.25, 0.3) is 0 Å². The number of nitrogens with zero attached hydrogens (tertiary/aromatic N) is 3. The Kier molecular flexibility index (Phi) is 5.21. The van der Waals surface area contributed by atoms with Gasteiger partial charge in [-0.3, -0.25) is 4.68 Å². The summed E-state index contributed by atoms with van der Waals surface area (Å²) in [6, 6.07) is 6.82.